The number of hydrogen-bond acceptors (Lipinski definition) is 7. The van der Waals surface area contributed by atoms with Crippen molar-refractivity contribution in [1.82, 2.24) is 0 Å². The van der Waals surface area contributed by atoms with Crippen molar-refractivity contribution in [2.24, 2.45) is 0 Å². The van der Waals surface area contributed by atoms with E-state index in [0.717, 1.165) is 11.3 Å². The molecule has 3 aromatic rings. The minimum absolute atomic E-state index is 0.129. The fourth-order valence-corrected chi connectivity index (χ4v) is 4.99. The Hall–Kier alpha value is -2.72. The molecule has 2 aliphatic rings. The molecule has 37 heavy (non-hydrogen) atoms. The van der Waals surface area contributed by atoms with Gasteiger partial charge < -0.3 is 34.6 Å². The quantitative estimate of drug-likeness (QED) is 0.372. The van der Waals surface area contributed by atoms with Gasteiger partial charge in [0.05, 0.1) is 6.61 Å². The maximum atomic E-state index is 14.8. The molecule has 2 heterocycles. The molecular weight excluding hydrogens is 503 g/mol. The summed E-state index contributed by atoms with van der Waals surface area (Å²) in [5.41, 5.74) is 2.92. The fraction of sp³-hybridized carbons (Fsp3) is 0.357. The third kappa shape index (κ3) is 5.45. The Morgan fingerprint density at radius 3 is 2.54 bits per heavy atom. The highest BCUT2D eigenvalue weighted by Gasteiger charge is 2.44. The third-order valence-corrected chi connectivity index (χ3v) is 7.19. The third-order valence-electron chi connectivity index (χ3n) is 6.82. The number of aliphatic hydroxyl groups is 4. The average Bonchev–Trinajstić information content (AvgIpc) is 3.31. The molecule has 6 atom stereocenters. The molecular formula is C28H28ClFO7. The summed E-state index contributed by atoms with van der Waals surface area (Å²) < 4.78 is 32.0. The van der Waals surface area contributed by atoms with Crippen LogP contribution in [-0.2, 0) is 17.6 Å². The van der Waals surface area contributed by atoms with Gasteiger partial charge in [-0.1, -0.05) is 48.0 Å². The van der Waals surface area contributed by atoms with E-state index in [1.54, 1.807) is 30.3 Å². The molecule has 7 nitrogen and oxygen atoms in total. The summed E-state index contributed by atoms with van der Waals surface area (Å²) in [5, 5.41) is 40.5. The summed E-state index contributed by atoms with van der Waals surface area (Å²) in [6.45, 7) is -0.298. The smallest absolute Gasteiger partial charge is 0.165 e. The van der Waals surface area contributed by atoms with Gasteiger partial charge in [-0.3, -0.25) is 0 Å². The van der Waals surface area contributed by atoms with Gasteiger partial charge in [0.1, 0.15) is 49.0 Å². The molecule has 0 bridgehead atoms. The number of fused-ring (bicyclic) bond motifs is 1. The normalized spacial score (nSPS) is 27.0. The van der Waals surface area contributed by atoms with E-state index in [4.69, 9.17) is 25.8 Å². The second kappa shape index (κ2) is 10.9. The highest BCUT2D eigenvalue weighted by Crippen LogP contribution is 2.35. The molecule has 0 aliphatic carbocycles. The predicted molar refractivity (Wildman–Crippen MR) is 133 cm³/mol. The Labute approximate surface area is 218 Å². The van der Waals surface area contributed by atoms with Gasteiger partial charge in [0.15, 0.2) is 11.6 Å². The van der Waals surface area contributed by atoms with Gasteiger partial charge in [-0.25, -0.2) is 4.39 Å². The lowest BCUT2D eigenvalue weighted by Crippen LogP contribution is -2.55. The molecule has 2 aliphatic heterocycles. The molecule has 3 aromatic carbocycles. The van der Waals surface area contributed by atoms with Gasteiger partial charge in [-0.05, 0) is 52.9 Å². The molecule has 4 N–H and O–H groups in total. The summed E-state index contributed by atoms with van der Waals surface area (Å²) >= 11 is 6.40. The Balaban J connectivity index is 1.26. The molecule has 0 saturated carbocycles. The van der Waals surface area contributed by atoms with Crippen LogP contribution in [0.3, 0.4) is 0 Å². The van der Waals surface area contributed by atoms with E-state index in [2.05, 4.69) is 0 Å². The lowest BCUT2D eigenvalue weighted by molar-refractivity contribution is -0.231. The van der Waals surface area contributed by atoms with E-state index >= 15 is 0 Å². The number of benzene rings is 3. The second-order valence-electron chi connectivity index (χ2n) is 9.40. The van der Waals surface area contributed by atoms with Crippen molar-refractivity contribution in [2.75, 3.05) is 13.2 Å². The van der Waals surface area contributed by atoms with Crippen LogP contribution < -0.4 is 9.47 Å². The average molecular weight is 531 g/mol. The molecule has 1 saturated heterocycles. The Morgan fingerprint density at radius 1 is 0.973 bits per heavy atom. The van der Waals surface area contributed by atoms with Crippen LogP contribution in [0.4, 0.5) is 4.39 Å². The lowest BCUT2D eigenvalue weighted by Gasteiger charge is -2.40. The van der Waals surface area contributed by atoms with Crippen molar-refractivity contribution >= 4 is 11.6 Å². The van der Waals surface area contributed by atoms with Crippen molar-refractivity contribution in [3.8, 4) is 11.5 Å². The highest BCUT2D eigenvalue weighted by atomic mass is 35.5. The molecule has 0 spiro atoms. The van der Waals surface area contributed by atoms with Crippen LogP contribution in [0.15, 0.2) is 60.7 Å². The maximum Gasteiger partial charge on any atom is 0.165 e. The zero-order valence-electron chi connectivity index (χ0n) is 19.8. The molecule has 1 fully saturated rings. The monoisotopic (exact) mass is 530 g/mol. The van der Waals surface area contributed by atoms with E-state index in [1.807, 2.05) is 24.3 Å². The van der Waals surface area contributed by atoms with E-state index < -0.39 is 42.9 Å². The molecule has 0 radical (unpaired) electrons. The summed E-state index contributed by atoms with van der Waals surface area (Å²) in [6, 6.07) is 17.4. The van der Waals surface area contributed by atoms with E-state index in [1.165, 1.54) is 6.07 Å². The van der Waals surface area contributed by atoms with Crippen LogP contribution in [0.1, 0.15) is 28.4 Å². The number of hydrogen-bond donors (Lipinski definition) is 4. The standard InChI is InChI=1S/C28H28ClFO7/c29-20-7-6-17(28-27(34)26(33)25(32)24(13-31)37-28)11-18(20)9-15-5-8-23(21(30)10-15)35-14-19-12-16-3-1-2-4-22(16)36-19/h1-8,10-11,19,24-28,31-34H,9,12-14H2/t19?,24-,25-,26+,27-,28+/m1/s1. The van der Waals surface area contributed by atoms with Crippen molar-refractivity contribution in [3.05, 3.63) is 93.8 Å². The Bertz CT molecular complexity index is 1230. The molecule has 196 valence electrons. The molecule has 0 amide bonds. The molecule has 5 rings (SSSR count). The minimum atomic E-state index is -1.49. The van der Waals surface area contributed by atoms with Gasteiger partial charge >= 0.3 is 0 Å². The number of ether oxygens (including phenoxy) is 3. The first kappa shape index (κ1) is 25.9. The van der Waals surface area contributed by atoms with Crippen molar-refractivity contribution in [3.63, 3.8) is 0 Å². The summed E-state index contributed by atoms with van der Waals surface area (Å²) in [6.07, 6.45) is -5.52. The van der Waals surface area contributed by atoms with Gasteiger partial charge in [-0.2, -0.15) is 0 Å². The number of rotatable bonds is 7. The largest absolute Gasteiger partial charge is 0.487 e. The van der Waals surface area contributed by atoms with Crippen LogP contribution in [0.5, 0.6) is 11.5 Å². The van der Waals surface area contributed by atoms with Crippen LogP contribution in [0, 0.1) is 5.82 Å². The fourth-order valence-electron chi connectivity index (χ4n) is 4.81. The van der Waals surface area contributed by atoms with Crippen LogP contribution >= 0.6 is 11.6 Å². The topological polar surface area (TPSA) is 109 Å². The first-order valence-corrected chi connectivity index (χ1v) is 12.5. The Kier molecular flexibility index (Phi) is 7.67. The van der Waals surface area contributed by atoms with Gasteiger partial charge in [0.2, 0.25) is 0 Å². The zero-order chi connectivity index (χ0) is 26.1. The minimum Gasteiger partial charge on any atom is -0.487 e. The van der Waals surface area contributed by atoms with Crippen molar-refractivity contribution < 1.29 is 39.0 Å². The first-order valence-electron chi connectivity index (χ1n) is 12.1. The summed E-state index contributed by atoms with van der Waals surface area (Å²) in [4.78, 5) is 0. The number of para-hydroxylation sites is 1. The molecule has 9 heteroatoms. The van der Waals surface area contributed by atoms with Crippen LogP contribution in [0.2, 0.25) is 5.02 Å². The van der Waals surface area contributed by atoms with E-state index in [0.29, 0.717) is 34.6 Å². The van der Waals surface area contributed by atoms with Crippen LogP contribution in [-0.4, -0.2) is 64.2 Å². The highest BCUT2D eigenvalue weighted by molar-refractivity contribution is 6.31. The van der Waals surface area contributed by atoms with E-state index in [-0.39, 0.29) is 18.5 Å². The predicted octanol–water partition coefficient (Wildman–Crippen LogP) is 2.97. The first-order chi connectivity index (χ1) is 17.8. The second-order valence-corrected chi connectivity index (χ2v) is 9.81. The van der Waals surface area contributed by atoms with Gasteiger partial charge in [-0.15, -0.1) is 0 Å². The van der Waals surface area contributed by atoms with E-state index in [9.17, 15) is 24.8 Å². The molecule has 1 unspecified atom stereocenters. The zero-order valence-corrected chi connectivity index (χ0v) is 20.6. The van der Waals surface area contributed by atoms with Gasteiger partial charge in [0.25, 0.3) is 0 Å². The Morgan fingerprint density at radius 2 is 1.78 bits per heavy atom. The van der Waals surface area contributed by atoms with Crippen molar-refractivity contribution in [2.45, 2.75) is 49.5 Å². The number of halogens is 2. The summed E-state index contributed by atoms with van der Waals surface area (Å²) in [7, 11) is 0. The lowest BCUT2D eigenvalue weighted by atomic mass is 9.90. The van der Waals surface area contributed by atoms with Gasteiger partial charge in [0, 0.05) is 11.4 Å². The SMILES string of the molecule is OC[C@H]1O[C@@H](c2ccc(Cl)c(Cc3ccc(OCC4Cc5ccccc5O4)c(F)c3)c2)[C@H](O)[C@@H](O)[C@@H]1O. The van der Waals surface area contributed by atoms with Crippen molar-refractivity contribution in [1.29, 1.82) is 0 Å². The molecule has 0 aromatic heterocycles. The maximum absolute atomic E-state index is 14.8. The number of aliphatic hydroxyl groups excluding tert-OH is 4. The summed E-state index contributed by atoms with van der Waals surface area (Å²) in [5.74, 6) is 0.452. The van der Waals surface area contributed by atoms with Crippen LogP contribution in [0.25, 0.3) is 0 Å².